The van der Waals surface area contributed by atoms with Gasteiger partial charge in [-0.15, -0.1) is 0 Å². The first kappa shape index (κ1) is 12.2. The van der Waals surface area contributed by atoms with Crippen LogP contribution >= 0.6 is 7.82 Å². The average Bonchev–Trinajstić information content (AvgIpc) is 2.19. The highest BCUT2D eigenvalue weighted by Crippen LogP contribution is 2.42. The summed E-state index contributed by atoms with van der Waals surface area (Å²) in [4.78, 5) is 9.02. The molecule has 0 saturated heterocycles. The largest absolute Gasteiger partial charge is 0.475 e. The molecule has 0 bridgehead atoms. The minimum atomic E-state index is -3.95. The highest BCUT2D eigenvalue weighted by molar-refractivity contribution is 7.47. The molecule has 6 heteroatoms. The maximum Gasteiger partial charge on any atom is 0.475 e. The van der Waals surface area contributed by atoms with Crippen molar-refractivity contribution in [2.24, 2.45) is 0 Å². The van der Waals surface area contributed by atoms with Crippen LogP contribution in [-0.2, 0) is 13.6 Å². The molecule has 1 atom stereocenters. The van der Waals surface area contributed by atoms with Crippen molar-refractivity contribution in [2.75, 3.05) is 13.4 Å². The topological polar surface area (TPSA) is 65.0 Å². The van der Waals surface area contributed by atoms with E-state index in [9.17, 15) is 4.57 Å². The molecule has 84 valence electrons. The van der Waals surface area contributed by atoms with Gasteiger partial charge in [-0.05, 0) is 19.1 Å². The Kier molecular flexibility index (Phi) is 4.78. The molecule has 0 spiro atoms. The summed E-state index contributed by atoms with van der Waals surface area (Å²) in [6.07, 6.45) is 0. The Bertz CT molecular complexity index is 327. The van der Waals surface area contributed by atoms with E-state index in [2.05, 4.69) is 9.05 Å². The lowest BCUT2D eigenvalue weighted by atomic mass is 10.3. The molecule has 1 N–H and O–H groups in total. The van der Waals surface area contributed by atoms with Crippen molar-refractivity contribution in [3.8, 4) is 5.75 Å². The smallest absolute Gasteiger partial charge is 0.467 e. The molecular formula is C9H13O5P. The predicted molar refractivity (Wildman–Crippen MR) is 54.5 cm³/mol. The fourth-order valence-electron chi connectivity index (χ4n) is 0.878. The van der Waals surface area contributed by atoms with Gasteiger partial charge in [0.05, 0.1) is 6.61 Å². The van der Waals surface area contributed by atoms with Gasteiger partial charge in [0.25, 0.3) is 0 Å². The number of para-hydroxylation sites is 1. The minimum Gasteiger partial charge on any atom is -0.467 e. The summed E-state index contributed by atoms with van der Waals surface area (Å²) in [5.74, 6) is 0.564. The number of phosphoric ester groups is 1. The molecule has 0 aliphatic heterocycles. The highest BCUT2D eigenvalue weighted by atomic mass is 31.2. The molecule has 15 heavy (non-hydrogen) atoms. The standard InChI is InChI=1S/C9H13O5P/c1-2-13-15(10,11)14-8-12-9-6-4-3-5-7-9/h3-7H,2,8H2,1H3,(H,10,11). The van der Waals surface area contributed by atoms with E-state index in [0.29, 0.717) is 5.75 Å². The van der Waals surface area contributed by atoms with E-state index in [4.69, 9.17) is 9.63 Å². The molecule has 5 nitrogen and oxygen atoms in total. The van der Waals surface area contributed by atoms with Crippen LogP contribution in [0.4, 0.5) is 0 Å². The Hall–Kier alpha value is -0.870. The summed E-state index contributed by atoms with van der Waals surface area (Å²) in [6.45, 7) is 1.39. The number of rotatable bonds is 6. The molecule has 0 saturated carbocycles. The van der Waals surface area contributed by atoms with E-state index < -0.39 is 7.82 Å². The van der Waals surface area contributed by atoms with Crippen LogP contribution in [0.3, 0.4) is 0 Å². The van der Waals surface area contributed by atoms with E-state index in [1.54, 1.807) is 31.2 Å². The summed E-state index contributed by atoms with van der Waals surface area (Å²) in [7, 11) is -3.95. The molecular weight excluding hydrogens is 219 g/mol. The second-order valence-electron chi connectivity index (χ2n) is 2.59. The molecule has 0 radical (unpaired) electrons. The van der Waals surface area contributed by atoms with Crippen molar-refractivity contribution >= 4 is 7.82 Å². The van der Waals surface area contributed by atoms with Crippen molar-refractivity contribution in [1.82, 2.24) is 0 Å². The highest BCUT2D eigenvalue weighted by Gasteiger charge is 2.19. The summed E-state index contributed by atoms with van der Waals surface area (Å²) in [5.41, 5.74) is 0. The third-order valence-electron chi connectivity index (χ3n) is 1.48. The fourth-order valence-corrected chi connectivity index (χ4v) is 1.46. The summed E-state index contributed by atoms with van der Waals surface area (Å²) >= 11 is 0. The molecule has 0 fully saturated rings. The second kappa shape index (κ2) is 5.88. The Morgan fingerprint density at radius 3 is 2.53 bits per heavy atom. The maximum atomic E-state index is 11.0. The van der Waals surface area contributed by atoms with Crippen molar-refractivity contribution < 1.29 is 23.2 Å². The molecule has 1 aromatic rings. The Labute approximate surface area is 88.2 Å². The number of ether oxygens (including phenoxy) is 1. The zero-order valence-electron chi connectivity index (χ0n) is 8.33. The Morgan fingerprint density at radius 1 is 1.27 bits per heavy atom. The zero-order chi connectivity index (χ0) is 11.1. The maximum absolute atomic E-state index is 11.0. The number of hydrogen-bond donors (Lipinski definition) is 1. The minimum absolute atomic E-state index is 0.110. The van der Waals surface area contributed by atoms with Crippen molar-refractivity contribution in [2.45, 2.75) is 6.92 Å². The van der Waals surface area contributed by atoms with Gasteiger partial charge in [-0.2, -0.15) is 0 Å². The molecule has 0 aromatic heterocycles. The lowest BCUT2D eigenvalue weighted by Crippen LogP contribution is -2.02. The quantitative estimate of drug-likeness (QED) is 0.601. The van der Waals surface area contributed by atoms with E-state index in [1.165, 1.54) is 0 Å². The lowest BCUT2D eigenvalue weighted by Gasteiger charge is -2.11. The molecule has 0 aliphatic rings. The molecule has 1 aromatic carbocycles. The van der Waals surface area contributed by atoms with Gasteiger partial charge in [0.1, 0.15) is 5.75 Å². The molecule has 0 amide bonds. The zero-order valence-corrected chi connectivity index (χ0v) is 9.22. The van der Waals surface area contributed by atoms with Gasteiger partial charge in [0.15, 0.2) is 6.79 Å². The van der Waals surface area contributed by atoms with Gasteiger partial charge in [-0.25, -0.2) is 9.09 Å². The van der Waals surface area contributed by atoms with Gasteiger partial charge in [0, 0.05) is 0 Å². The van der Waals surface area contributed by atoms with Crippen LogP contribution in [0.5, 0.6) is 5.75 Å². The third kappa shape index (κ3) is 4.95. The summed E-state index contributed by atoms with van der Waals surface area (Å²) in [5, 5.41) is 0. The van der Waals surface area contributed by atoms with Crippen LogP contribution in [0, 0.1) is 0 Å². The van der Waals surface area contributed by atoms with E-state index in [-0.39, 0.29) is 13.4 Å². The van der Waals surface area contributed by atoms with Crippen LogP contribution in [0.25, 0.3) is 0 Å². The second-order valence-corrected chi connectivity index (χ2v) is 4.04. The fraction of sp³-hybridized carbons (Fsp3) is 0.333. The van der Waals surface area contributed by atoms with E-state index >= 15 is 0 Å². The van der Waals surface area contributed by atoms with Gasteiger partial charge >= 0.3 is 7.82 Å². The van der Waals surface area contributed by atoms with Crippen LogP contribution in [0.2, 0.25) is 0 Å². The van der Waals surface area contributed by atoms with Gasteiger partial charge in [-0.3, -0.25) is 4.52 Å². The van der Waals surface area contributed by atoms with E-state index in [1.807, 2.05) is 6.07 Å². The van der Waals surface area contributed by atoms with Crippen LogP contribution < -0.4 is 4.74 Å². The third-order valence-corrected chi connectivity index (χ3v) is 2.49. The van der Waals surface area contributed by atoms with Gasteiger partial charge in [0.2, 0.25) is 0 Å². The first-order valence-electron chi connectivity index (χ1n) is 4.44. The van der Waals surface area contributed by atoms with Crippen molar-refractivity contribution in [1.29, 1.82) is 0 Å². The van der Waals surface area contributed by atoms with Gasteiger partial charge in [-0.1, -0.05) is 18.2 Å². The van der Waals surface area contributed by atoms with Crippen molar-refractivity contribution in [3.05, 3.63) is 30.3 Å². The Balaban J connectivity index is 2.31. The monoisotopic (exact) mass is 232 g/mol. The SMILES string of the molecule is CCOP(=O)(O)OCOc1ccccc1. The predicted octanol–water partition coefficient (Wildman–Crippen LogP) is 2.18. The number of benzene rings is 1. The number of phosphoric acid groups is 1. The Morgan fingerprint density at radius 2 is 1.93 bits per heavy atom. The molecule has 0 aliphatic carbocycles. The molecule has 0 heterocycles. The average molecular weight is 232 g/mol. The lowest BCUT2D eigenvalue weighted by molar-refractivity contribution is 0.0687. The number of hydrogen-bond acceptors (Lipinski definition) is 4. The molecule has 1 unspecified atom stereocenters. The van der Waals surface area contributed by atoms with E-state index in [0.717, 1.165) is 0 Å². The van der Waals surface area contributed by atoms with Crippen LogP contribution in [-0.4, -0.2) is 18.3 Å². The normalized spacial score (nSPS) is 14.5. The first-order valence-corrected chi connectivity index (χ1v) is 5.93. The summed E-state index contributed by atoms with van der Waals surface area (Å²) in [6, 6.07) is 8.84. The first-order chi connectivity index (χ1) is 7.14. The van der Waals surface area contributed by atoms with Gasteiger partial charge < -0.3 is 9.63 Å². The van der Waals surface area contributed by atoms with Crippen molar-refractivity contribution in [3.63, 3.8) is 0 Å². The molecule has 1 rings (SSSR count). The summed E-state index contributed by atoms with van der Waals surface area (Å²) < 4.78 is 25.1. The van der Waals surface area contributed by atoms with Crippen LogP contribution in [0.15, 0.2) is 30.3 Å². The van der Waals surface area contributed by atoms with Crippen LogP contribution in [0.1, 0.15) is 6.92 Å².